The molecule has 1 aliphatic rings. The third-order valence-corrected chi connectivity index (χ3v) is 4.74. The lowest BCUT2D eigenvalue weighted by Crippen LogP contribution is -2.45. The van der Waals surface area contributed by atoms with Gasteiger partial charge in [-0.1, -0.05) is 0 Å². The van der Waals surface area contributed by atoms with Gasteiger partial charge in [0.1, 0.15) is 17.7 Å². The third-order valence-electron chi connectivity index (χ3n) is 4.74. The highest BCUT2D eigenvalue weighted by atomic mass is 16.3. The van der Waals surface area contributed by atoms with E-state index >= 15 is 0 Å². The van der Waals surface area contributed by atoms with Gasteiger partial charge in [0, 0.05) is 57.3 Å². The van der Waals surface area contributed by atoms with E-state index in [4.69, 9.17) is 0 Å². The maximum atomic E-state index is 12.3. The van der Waals surface area contributed by atoms with E-state index < -0.39 is 5.60 Å². The Labute approximate surface area is 153 Å². The van der Waals surface area contributed by atoms with Gasteiger partial charge in [-0.05, 0) is 25.8 Å². The van der Waals surface area contributed by atoms with Gasteiger partial charge in [-0.3, -0.25) is 9.48 Å². The number of carbonyl (C=O) groups is 1. The summed E-state index contributed by atoms with van der Waals surface area (Å²) in [5.41, 5.74) is -0.0134. The number of β-amino-alcohol motifs (C(OH)–C–C–N with tert-alkyl or cyclic N) is 1. The number of likely N-dealkylation sites (N-methyl/N-ethyl adjacent to an activating group) is 1. The van der Waals surface area contributed by atoms with Crippen LogP contribution >= 0.6 is 0 Å². The molecule has 2 aromatic rings. The first-order chi connectivity index (χ1) is 12.5. The van der Waals surface area contributed by atoms with Crippen LogP contribution in [-0.2, 0) is 11.3 Å². The average Bonchev–Trinajstić information content (AvgIpc) is 3.25. The second kappa shape index (κ2) is 7.82. The predicted molar refractivity (Wildman–Crippen MR) is 97.6 cm³/mol. The van der Waals surface area contributed by atoms with Gasteiger partial charge < -0.3 is 14.9 Å². The molecular formula is C18H26N6O2. The fraction of sp³-hybridized carbons (Fsp3) is 0.556. The molecule has 140 valence electrons. The first kappa shape index (κ1) is 18.3. The van der Waals surface area contributed by atoms with Gasteiger partial charge in [-0.2, -0.15) is 5.10 Å². The van der Waals surface area contributed by atoms with Crippen molar-refractivity contribution in [3.63, 3.8) is 0 Å². The second-order valence-electron chi connectivity index (χ2n) is 7.04. The monoisotopic (exact) mass is 358 g/mol. The third kappa shape index (κ3) is 4.57. The van der Waals surface area contributed by atoms with Crippen molar-refractivity contribution in [2.75, 3.05) is 31.6 Å². The SMILES string of the molecule is Cc1cc(N2CC[C@](O)(CN(C)C(=O)CCCn3cccn3)C2)ncn1. The first-order valence-electron chi connectivity index (χ1n) is 8.93. The van der Waals surface area contributed by atoms with Crippen molar-refractivity contribution >= 4 is 11.7 Å². The van der Waals surface area contributed by atoms with Gasteiger partial charge in [0.2, 0.25) is 5.91 Å². The maximum absolute atomic E-state index is 12.3. The molecule has 0 bridgehead atoms. The van der Waals surface area contributed by atoms with E-state index in [0.717, 1.165) is 24.5 Å². The molecule has 0 unspecified atom stereocenters. The normalized spacial score (nSPS) is 19.7. The first-order valence-corrected chi connectivity index (χ1v) is 8.93. The standard InChI is InChI=1S/C18H26N6O2/c1-15-11-16(20-14-19-15)23-10-6-18(26,13-23)12-22(2)17(25)5-3-8-24-9-4-7-21-24/h4,7,9,11,14,26H,3,5-6,8,10,12-13H2,1-2H3/t18-/m0/s1. The Hall–Kier alpha value is -2.48. The molecule has 8 heteroatoms. The molecule has 1 amide bonds. The summed E-state index contributed by atoms with van der Waals surface area (Å²) in [6.07, 6.45) is 6.95. The van der Waals surface area contributed by atoms with E-state index in [9.17, 15) is 9.90 Å². The molecule has 8 nitrogen and oxygen atoms in total. The molecule has 0 radical (unpaired) electrons. The van der Waals surface area contributed by atoms with Crippen LogP contribution in [0, 0.1) is 6.92 Å². The van der Waals surface area contributed by atoms with Crippen LogP contribution in [0.15, 0.2) is 30.9 Å². The number of aryl methyl sites for hydroxylation is 2. The summed E-state index contributed by atoms with van der Waals surface area (Å²) in [6.45, 7) is 4.15. The Balaban J connectivity index is 1.48. The number of hydrogen-bond donors (Lipinski definition) is 1. The van der Waals surface area contributed by atoms with Crippen LogP contribution in [0.2, 0.25) is 0 Å². The Morgan fingerprint density at radius 1 is 1.42 bits per heavy atom. The zero-order chi connectivity index (χ0) is 18.6. The van der Waals surface area contributed by atoms with Crippen molar-refractivity contribution in [1.29, 1.82) is 0 Å². The highest BCUT2D eigenvalue weighted by Gasteiger charge is 2.38. The largest absolute Gasteiger partial charge is 0.386 e. The number of rotatable bonds is 7. The Kier molecular flexibility index (Phi) is 5.51. The van der Waals surface area contributed by atoms with Crippen LogP contribution in [0.4, 0.5) is 5.82 Å². The van der Waals surface area contributed by atoms with E-state index in [0.29, 0.717) is 32.5 Å². The Morgan fingerprint density at radius 3 is 3.00 bits per heavy atom. The summed E-state index contributed by atoms with van der Waals surface area (Å²) < 4.78 is 1.82. The summed E-state index contributed by atoms with van der Waals surface area (Å²) in [7, 11) is 1.76. The topological polar surface area (TPSA) is 87.4 Å². The molecule has 0 aliphatic carbocycles. The number of anilines is 1. The van der Waals surface area contributed by atoms with Crippen LogP contribution < -0.4 is 4.90 Å². The minimum Gasteiger partial charge on any atom is -0.386 e. The highest BCUT2D eigenvalue weighted by molar-refractivity contribution is 5.75. The Morgan fingerprint density at radius 2 is 2.27 bits per heavy atom. The minimum absolute atomic E-state index is 0.0434. The number of amides is 1. The zero-order valence-corrected chi connectivity index (χ0v) is 15.4. The minimum atomic E-state index is -0.911. The molecule has 0 saturated carbocycles. The van der Waals surface area contributed by atoms with E-state index in [1.54, 1.807) is 18.1 Å². The summed E-state index contributed by atoms with van der Waals surface area (Å²) >= 11 is 0. The molecule has 3 rings (SSSR count). The predicted octanol–water partition coefficient (Wildman–Crippen LogP) is 0.862. The summed E-state index contributed by atoms with van der Waals surface area (Å²) in [5.74, 6) is 0.864. The highest BCUT2D eigenvalue weighted by Crippen LogP contribution is 2.26. The van der Waals surface area contributed by atoms with E-state index in [2.05, 4.69) is 15.1 Å². The van der Waals surface area contributed by atoms with Gasteiger partial charge in [0.15, 0.2) is 0 Å². The lowest BCUT2D eigenvalue weighted by molar-refractivity contribution is -0.133. The number of aromatic nitrogens is 4. The number of nitrogens with zero attached hydrogens (tertiary/aromatic N) is 6. The quantitative estimate of drug-likeness (QED) is 0.790. The Bertz CT molecular complexity index is 735. The van der Waals surface area contributed by atoms with Crippen LogP contribution in [0.25, 0.3) is 0 Å². The van der Waals surface area contributed by atoms with E-state index in [1.165, 1.54) is 6.33 Å². The molecule has 26 heavy (non-hydrogen) atoms. The lowest BCUT2D eigenvalue weighted by atomic mass is 10.0. The van der Waals surface area contributed by atoms with Crippen molar-refractivity contribution in [1.82, 2.24) is 24.6 Å². The van der Waals surface area contributed by atoms with Crippen molar-refractivity contribution in [2.45, 2.75) is 38.3 Å². The fourth-order valence-corrected chi connectivity index (χ4v) is 3.34. The summed E-state index contributed by atoms with van der Waals surface area (Å²) in [5, 5.41) is 15.0. The van der Waals surface area contributed by atoms with Gasteiger partial charge >= 0.3 is 0 Å². The van der Waals surface area contributed by atoms with E-state index in [1.807, 2.05) is 34.8 Å². The van der Waals surface area contributed by atoms with Crippen LogP contribution in [0.3, 0.4) is 0 Å². The second-order valence-corrected chi connectivity index (χ2v) is 7.04. The maximum Gasteiger partial charge on any atom is 0.222 e. The average molecular weight is 358 g/mol. The molecule has 1 atom stereocenters. The zero-order valence-electron chi connectivity index (χ0n) is 15.4. The van der Waals surface area contributed by atoms with Crippen molar-refractivity contribution in [3.8, 4) is 0 Å². The molecular weight excluding hydrogens is 332 g/mol. The molecule has 0 spiro atoms. The number of hydrogen-bond acceptors (Lipinski definition) is 6. The molecule has 1 N–H and O–H groups in total. The number of aliphatic hydroxyl groups is 1. The fourth-order valence-electron chi connectivity index (χ4n) is 3.34. The molecule has 1 aliphatic heterocycles. The van der Waals surface area contributed by atoms with E-state index in [-0.39, 0.29) is 5.91 Å². The van der Waals surface area contributed by atoms with Crippen molar-refractivity contribution in [2.24, 2.45) is 0 Å². The number of carbonyl (C=O) groups excluding carboxylic acids is 1. The lowest BCUT2D eigenvalue weighted by Gasteiger charge is -2.29. The van der Waals surface area contributed by atoms with Gasteiger partial charge in [-0.15, -0.1) is 0 Å². The van der Waals surface area contributed by atoms with Gasteiger partial charge in [0.25, 0.3) is 0 Å². The summed E-state index contributed by atoms with van der Waals surface area (Å²) in [4.78, 5) is 24.4. The molecule has 2 aromatic heterocycles. The molecule has 3 heterocycles. The molecule has 0 aromatic carbocycles. The van der Waals surface area contributed by atoms with Crippen molar-refractivity contribution in [3.05, 3.63) is 36.5 Å². The van der Waals surface area contributed by atoms with Crippen LogP contribution in [0.5, 0.6) is 0 Å². The van der Waals surface area contributed by atoms with Crippen molar-refractivity contribution < 1.29 is 9.90 Å². The van der Waals surface area contributed by atoms with Crippen LogP contribution in [-0.4, -0.2) is 67.9 Å². The molecule has 1 saturated heterocycles. The summed E-state index contributed by atoms with van der Waals surface area (Å²) in [6, 6.07) is 3.78. The van der Waals surface area contributed by atoms with Gasteiger partial charge in [-0.25, -0.2) is 9.97 Å². The molecule has 1 fully saturated rings. The van der Waals surface area contributed by atoms with Crippen LogP contribution in [0.1, 0.15) is 25.0 Å². The van der Waals surface area contributed by atoms with Gasteiger partial charge in [0.05, 0.1) is 6.54 Å². The smallest absolute Gasteiger partial charge is 0.222 e.